The van der Waals surface area contributed by atoms with Crippen LogP contribution in [-0.4, -0.2) is 22.2 Å². The molecule has 1 amide bonds. The molecule has 0 heterocycles. The van der Waals surface area contributed by atoms with Crippen molar-refractivity contribution in [1.29, 1.82) is 0 Å². The molecular weight excluding hydrogens is 412 g/mol. The van der Waals surface area contributed by atoms with Crippen LogP contribution in [0.1, 0.15) is 15.9 Å². The Bertz CT molecular complexity index is 1300. The lowest BCUT2D eigenvalue weighted by atomic mass is 9.97. The molecule has 31 heavy (non-hydrogen) atoms. The summed E-state index contributed by atoms with van der Waals surface area (Å²) in [5.74, 6) is -0.488. The molecule has 7 nitrogen and oxygen atoms in total. The molecule has 0 saturated heterocycles. The van der Waals surface area contributed by atoms with E-state index >= 15 is 0 Å². The fourth-order valence-electron chi connectivity index (χ4n) is 3.28. The van der Waals surface area contributed by atoms with Gasteiger partial charge in [0.25, 0.3) is 11.6 Å². The minimum absolute atomic E-state index is 0.0177. The fraction of sp³-hybridized carbons (Fsp3) is 0. The average molecular weight is 428 g/mol. The molecule has 4 aromatic carbocycles. The van der Waals surface area contributed by atoms with Gasteiger partial charge >= 0.3 is 0 Å². The number of benzene rings is 4. The number of amides is 1. The number of carbonyl (C=O) groups is 1. The van der Waals surface area contributed by atoms with Crippen LogP contribution in [0.15, 0.2) is 84.0 Å². The molecule has 2 N–H and O–H groups in total. The van der Waals surface area contributed by atoms with Gasteiger partial charge in [-0.3, -0.25) is 25.7 Å². The smallest absolute Gasteiger partial charge is 0.269 e. The monoisotopic (exact) mass is 428 g/mol. The fourth-order valence-corrected chi connectivity index (χ4v) is 3.43. The minimum Gasteiger partial charge on any atom is -0.298 e. The molecule has 0 aliphatic rings. The highest BCUT2D eigenvalue weighted by atomic mass is 32.1. The van der Waals surface area contributed by atoms with Crippen LogP contribution in [0.4, 0.5) is 5.69 Å². The molecule has 0 radical (unpaired) electrons. The van der Waals surface area contributed by atoms with Crippen molar-refractivity contribution < 1.29 is 9.72 Å². The number of nitro groups is 1. The van der Waals surface area contributed by atoms with Crippen molar-refractivity contribution >= 4 is 56.7 Å². The van der Waals surface area contributed by atoms with Gasteiger partial charge in [-0.2, -0.15) is 5.10 Å². The van der Waals surface area contributed by atoms with Gasteiger partial charge in [-0.05, 0) is 52.0 Å². The number of fused-ring (bicyclic) bond motifs is 2. The predicted molar refractivity (Wildman–Crippen MR) is 125 cm³/mol. The lowest BCUT2D eigenvalue weighted by molar-refractivity contribution is -0.384. The van der Waals surface area contributed by atoms with Gasteiger partial charge < -0.3 is 0 Å². The second-order valence-corrected chi connectivity index (χ2v) is 7.10. The van der Waals surface area contributed by atoms with E-state index in [9.17, 15) is 14.9 Å². The number of non-ortho nitro benzene ring substituents is 1. The molecule has 4 rings (SSSR count). The van der Waals surface area contributed by atoms with Gasteiger partial charge in [0, 0.05) is 23.3 Å². The van der Waals surface area contributed by atoms with Gasteiger partial charge in [-0.25, -0.2) is 0 Å². The van der Waals surface area contributed by atoms with Gasteiger partial charge in [0.15, 0.2) is 5.11 Å². The van der Waals surface area contributed by atoms with E-state index in [0.29, 0.717) is 0 Å². The zero-order chi connectivity index (χ0) is 21.8. The maximum absolute atomic E-state index is 12.3. The molecule has 152 valence electrons. The van der Waals surface area contributed by atoms with E-state index in [0.717, 1.165) is 27.1 Å². The van der Waals surface area contributed by atoms with E-state index < -0.39 is 10.8 Å². The summed E-state index contributed by atoms with van der Waals surface area (Å²) in [5.41, 5.74) is 3.74. The summed E-state index contributed by atoms with van der Waals surface area (Å²) >= 11 is 5.14. The van der Waals surface area contributed by atoms with Crippen molar-refractivity contribution in [3.63, 3.8) is 0 Å². The first kappa shape index (κ1) is 20.1. The Morgan fingerprint density at radius 3 is 2.10 bits per heavy atom. The van der Waals surface area contributed by atoms with E-state index in [1.165, 1.54) is 24.3 Å². The zero-order valence-electron chi connectivity index (χ0n) is 16.1. The van der Waals surface area contributed by atoms with Crippen molar-refractivity contribution in [1.82, 2.24) is 10.7 Å². The number of thiocarbonyl (C=S) groups is 1. The number of hydrogen-bond donors (Lipinski definition) is 2. The molecule has 0 fully saturated rings. The number of nitro benzene ring substituents is 1. The lowest BCUT2D eigenvalue weighted by Crippen LogP contribution is -2.36. The van der Waals surface area contributed by atoms with Crippen molar-refractivity contribution in [2.45, 2.75) is 0 Å². The summed E-state index contributed by atoms with van der Waals surface area (Å²) in [6.07, 6.45) is 1.68. The standard InChI is InChI=1S/C23H16N4O3S/c28-22(15-9-11-18(12-10-15)27(29)30)25-23(31)26-24-14-21-19-7-3-1-5-16(19)13-17-6-2-4-8-20(17)21/h1-14H,(H2,25,26,28,31)/b24-14+. The molecule has 4 aromatic rings. The first-order valence-electron chi connectivity index (χ1n) is 9.32. The second-order valence-electron chi connectivity index (χ2n) is 6.69. The van der Waals surface area contributed by atoms with Crippen LogP contribution in [0.25, 0.3) is 21.5 Å². The first-order valence-corrected chi connectivity index (χ1v) is 9.73. The normalized spacial score (nSPS) is 11.0. The molecular formula is C23H16N4O3S. The van der Waals surface area contributed by atoms with E-state index in [1.54, 1.807) is 6.21 Å². The number of hydrazone groups is 1. The highest BCUT2D eigenvalue weighted by Crippen LogP contribution is 2.27. The van der Waals surface area contributed by atoms with Crippen molar-refractivity contribution in [3.8, 4) is 0 Å². The van der Waals surface area contributed by atoms with Gasteiger partial charge in [-0.15, -0.1) is 0 Å². The Morgan fingerprint density at radius 2 is 1.52 bits per heavy atom. The third-order valence-electron chi connectivity index (χ3n) is 4.74. The van der Waals surface area contributed by atoms with Gasteiger partial charge in [0.05, 0.1) is 11.1 Å². The third-order valence-corrected chi connectivity index (χ3v) is 4.93. The summed E-state index contributed by atoms with van der Waals surface area (Å²) in [6, 6.07) is 23.4. The molecule has 0 spiro atoms. The van der Waals surface area contributed by atoms with Crippen molar-refractivity contribution in [2.75, 3.05) is 0 Å². The Kier molecular flexibility index (Phi) is 5.63. The summed E-state index contributed by atoms with van der Waals surface area (Å²) in [4.78, 5) is 22.4. The van der Waals surface area contributed by atoms with Gasteiger partial charge in [0.2, 0.25) is 0 Å². The SMILES string of the molecule is O=C(NC(=S)N/N=C/c1c2ccccc2cc2ccccc12)c1ccc([N+](=O)[O-])cc1. The molecule has 0 atom stereocenters. The quantitative estimate of drug-likeness (QED) is 0.164. The van der Waals surface area contributed by atoms with Crippen LogP contribution >= 0.6 is 12.2 Å². The lowest BCUT2D eigenvalue weighted by Gasteiger charge is -2.09. The van der Waals surface area contributed by atoms with E-state index in [-0.39, 0.29) is 16.4 Å². The number of rotatable bonds is 4. The molecule has 0 bridgehead atoms. The highest BCUT2D eigenvalue weighted by Gasteiger charge is 2.11. The average Bonchev–Trinajstić information content (AvgIpc) is 2.78. The number of carbonyl (C=O) groups excluding carboxylic acids is 1. The zero-order valence-corrected chi connectivity index (χ0v) is 16.9. The summed E-state index contributed by atoms with van der Waals surface area (Å²) in [7, 11) is 0. The van der Waals surface area contributed by atoms with Crippen molar-refractivity contribution in [3.05, 3.63) is 100 Å². The molecule has 0 aromatic heterocycles. The Balaban J connectivity index is 1.50. The maximum atomic E-state index is 12.3. The molecule has 0 aliphatic heterocycles. The molecule has 0 unspecified atom stereocenters. The van der Waals surface area contributed by atoms with Crippen molar-refractivity contribution in [2.24, 2.45) is 5.10 Å². The Hall–Kier alpha value is -4.17. The molecule has 0 aliphatic carbocycles. The van der Waals surface area contributed by atoms with E-state index in [1.807, 2.05) is 48.5 Å². The highest BCUT2D eigenvalue weighted by molar-refractivity contribution is 7.80. The topological polar surface area (TPSA) is 96.6 Å². The minimum atomic E-state index is -0.528. The predicted octanol–water partition coefficient (Wildman–Crippen LogP) is 4.54. The van der Waals surface area contributed by atoms with Crippen LogP contribution in [-0.2, 0) is 0 Å². The molecule has 8 heteroatoms. The van der Waals surface area contributed by atoms with Crippen LogP contribution in [0, 0.1) is 10.1 Å². The Labute approximate surface area is 182 Å². The third kappa shape index (κ3) is 4.39. The summed E-state index contributed by atoms with van der Waals surface area (Å²) in [5, 5.41) is 21.7. The van der Waals surface area contributed by atoms with E-state index in [2.05, 4.69) is 21.9 Å². The number of nitrogens with zero attached hydrogens (tertiary/aromatic N) is 2. The van der Waals surface area contributed by atoms with Gasteiger partial charge in [0.1, 0.15) is 0 Å². The first-order chi connectivity index (χ1) is 15.0. The van der Waals surface area contributed by atoms with Crippen LogP contribution in [0.2, 0.25) is 0 Å². The van der Waals surface area contributed by atoms with Crippen LogP contribution < -0.4 is 10.7 Å². The number of nitrogens with one attached hydrogen (secondary N) is 2. The van der Waals surface area contributed by atoms with Gasteiger partial charge in [-0.1, -0.05) is 48.5 Å². The van der Waals surface area contributed by atoms with E-state index in [4.69, 9.17) is 12.2 Å². The second kappa shape index (κ2) is 8.68. The maximum Gasteiger partial charge on any atom is 0.269 e. The number of hydrogen-bond acceptors (Lipinski definition) is 5. The van der Waals surface area contributed by atoms with Crippen LogP contribution in [0.3, 0.4) is 0 Å². The summed E-state index contributed by atoms with van der Waals surface area (Å²) in [6.45, 7) is 0. The Morgan fingerprint density at radius 1 is 0.935 bits per heavy atom. The molecule has 0 saturated carbocycles. The summed E-state index contributed by atoms with van der Waals surface area (Å²) < 4.78 is 0. The largest absolute Gasteiger partial charge is 0.298 e. The van der Waals surface area contributed by atoms with Crippen LogP contribution in [0.5, 0.6) is 0 Å².